The van der Waals surface area contributed by atoms with Gasteiger partial charge >= 0.3 is 0 Å². The Morgan fingerprint density at radius 3 is 2.12 bits per heavy atom. The van der Waals surface area contributed by atoms with Crippen LogP contribution in [0.4, 0.5) is 0 Å². The zero-order valence-electron chi connectivity index (χ0n) is 29.3. The van der Waals surface area contributed by atoms with Crippen LogP contribution in [0.25, 0.3) is 0 Å². The highest BCUT2D eigenvalue weighted by atomic mass is 35.5. The van der Waals surface area contributed by atoms with Crippen molar-refractivity contribution in [3.63, 3.8) is 0 Å². The average molecular weight is 702 g/mol. The van der Waals surface area contributed by atoms with Crippen LogP contribution in [-0.2, 0) is 9.59 Å². The maximum absolute atomic E-state index is 13.8. The van der Waals surface area contributed by atoms with Crippen LogP contribution in [0.15, 0.2) is 100 Å². The van der Waals surface area contributed by atoms with Gasteiger partial charge in [-0.05, 0) is 68.9 Å². The van der Waals surface area contributed by atoms with E-state index in [2.05, 4.69) is 5.32 Å². The van der Waals surface area contributed by atoms with Crippen molar-refractivity contribution >= 4 is 40.6 Å². The maximum Gasteiger partial charge on any atom is 0.251 e. The molecule has 4 rings (SSSR count). The van der Waals surface area contributed by atoms with Crippen molar-refractivity contribution in [2.45, 2.75) is 67.1 Å². The second-order valence-corrected chi connectivity index (χ2v) is 13.2. The lowest BCUT2D eigenvalue weighted by Crippen LogP contribution is -2.34. The maximum atomic E-state index is 13.8. The summed E-state index contributed by atoms with van der Waals surface area (Å²) < 4.78 is 0. The van der Waals surface area contributed by atoms with Gasteiger partial charge in [-0.3, -0.25) is 24.0 Å². The molecule has 10 heteroatoms. The van der Waals surface area contributed by atoms with Crippen LogP contribution in [0.2, 0.25) is 0 Å². The molecule has 0 fully saturated rings. The SMILES string of the molecule is C/C1=C/C=C\C=C\C(C)/C=C/C(=O)/C(C)=C/C[C@H](O)/C=C/[C@@H](C)[C@H](O)[C@@H](C)/C=C(\C)C(=O)c2c(O)c(C)cc3c2C(=O)C(Cl)=C(NC1=O)C3=O. The number of carbonyl (C=O) groups is 5. The number of hydrogen-bond acceptors (Lipinski definition) is 8. The summed E-state index contributed by atoms with van der Waals surface area (Å²) in [5.41, 5.74) is -0.508. The van der Waals surface area contributed by atoms with Gasteiger partial charge in [0.1, 0.15) is 16.5 Å². The number of nitrogens with one attached hydrogen (secondary N) is 1. The molecule has 50 heavy (non-hydrogen) atoms. The highest BCUT2D eigenvalue weighted by molar-refractivity contribution is 6.51. The molecule has 5 atom stereocenters. The van der Waals surface area contributed by atoms with E-state index in [1.54, 1.807) is 57.2 Å². The van der Waals surface area contributed by atoms with E-state index in [9.17, 15) is 39.3 Å². The quantitative estimate of drug-likeness (QED) is 0.223. The molecule has 4 bridgehead atoms. The lowest BCUT2D eigenvalue weighted by Gasteiger charge is -2.23. The highest BCUT2D eigenvalue weighted by Crippen LogP contribution is 2.37. The molecule has 1 amide bonds. The van der Waals surface area contributed by atoms with Crippen molar-refractivity contribution in [2.24, 2.45) is 17.8 Å². The highest BCUT2D eigenvalue weighted by Gasteiger charge is 2.38. The fourth-order valence-electron chi connectivity index (χ4n) is 5.38. The number of Topliss-reactive ketones (excluding diaryl/α,β-unsaturated/α-hetero) is 3. The zero-order chi connectivity index (χ0) is 37.4. The Hall–Kier alpha value is -4.70. The van der Waals surface area contributed by atoms with Crippen molar-refractivity contribution in [2.75, 3.05) is 0 Å². The number of ketones is 4. The van der Waals surface area contributed by atoms with Crippen molar-refractivity contribution in [3.05, 3.63) is 123 Å². The first kappa shape index (κ1) is 39.7. The molecule has 4 N–H and O–H groups in total. The van der Waals surface area contributed by atoms with E-state index in [1.807, 2.05) is 13.0 Å². The van der Waals surface area contributed by atoms with E-state index in [0.29, 0.717) is 5.57 Å². The van der Waals surface area contributed by atoms with Crippen LogP contribution < -0.4 is 5.32 Å². The van der Waals surface area contributed by atoms with Gasteiger partial charge in [0.2, 0.25) is 11.6 Å². The summed E-state index contributed by atoms with van der Waals surface area (Å²) in [4.78, 5) is 66.6. The Labute approximate surface area is 297 Å². The van der Waals surface area contributed by atoms with Gasteiger partial charge in [0.15, 0.2) is 11.6 Å². The van der Waals surface area contributed by atoms with Crippen LogP contribution in [0.1, 0.15) is 84.6 Å². The third-order valence-electron chi connectivity index (χ3n) is 8.61. The van der Waals surface area contributed by atoms with Crippen LogP contribution in [-0.4, -0.2) is 56.6 Å². The largest absolute Gasteiger partial charge is 0.507 e. The van der Waals surface area contributed by atoms with Gasteiger partial charge in [0, 0.05) is 28.5 Å². The van der Waals surface area contributed by atoms with Crippen LogP contribution >= 0.6 is 11.6 Å². The van der Waals surface area contributed by atoms with E-state index in [0.717, 1.165) is 0 Å². The second kappa shape index (κ2) is 17.3. The predicted octanol–water partition coefficient (Wildman–Crippen LogP) is 6.50. The van der Waals surface area contributed by atoms with E-state index >= 15 is 0 Å². The number of amides is 1. The molecule has 3 aliphatic rings. The number of aliphatic hydroxyl groups is 2. The van der Waals surface area contributed by atoms with Crippen molar-refractivity contribution < 1.29 is 39.3 Å². The average Bonchev–Trinajstić information content (AvgIpc) is 3.08. The Balaban J connectivity index is 2.09. The van der Waals surface area contributed by atoms with E-state index in [4.69, 9.17) is 11.6 Å². The minimum absolute atomic E-state index is 0.0866. The number of phenolic OH excluding ortho intramolecular Hbond substituents is 1. The molecule has 0 aromatic heterocycles. The summed E-state index contributed by atoms with van der Waals surface area (Å²) >= 11 is 6.37. The van der Waals surface area contributed by atoms with Gasteiger partial charge in [-0.25, -0.2) is 0 Å². The number of carbonyl (C=O) groups excluding carboxylic acids is 5. The summed E-state index contributed by atoms with van der Waals surface area (Å²) in [6.45, 7) is 11.4. The molecular formula is C40H44ClNO8. The molecule has 1 unspecified atom stereocenters. The molecule has 0 spiro atoms. The number of hydrogen-bond donors (Lipinski definition) is 4. The van der Waals surface area contributed by atoms with Crippen LogP contribution in [0.5, 0.6) is 5.75 Å². The topological polar surface area (TPSA) is 158 Å². The van der Waals surface area contributed by atoms with Gasteiger partial charge in [0.25, 0.3) is 5.91 Å². The van der Waals surface area contributed by atoms with Gasteiger partial charge in [0.05, 0.1) is 17.8 Å². The number of fused-ring (bicyclic) bond motifs is 17. The monoisotopic (exact) mass is 701 g/mol. The normalized spacial score (nSPS) is 30.8. The molecule has 0 radical (unpaired) electrons. The second-order valence-electron chi connectivity index (χ2n) is 12.8. The predicted molar refractivity (Wildman–Crippen MR) is 194 cm³/mol. The number of aryl methyl sites for hydroxylation is 1. The van der Waals surface area contributed by atoms with Gasteiger partial charge < -0.3 is 20.6 Å². The molecule has 0 saturated heterocycles. The van der Waals surface area contributed by atoms with E-state index in [1.165, 1.54) is 51.1 Å². The Morgan fingerprint density at radius 1 is 0.760 bits per heavy atom. The number of aromatic hydroxyl groups is 1. The summed E-state index contributed by atoms with van der Waals surface area (Å²) in [5.74, 6) is -4.98. The minimum atomic E-state index is -0.989. The zero-order valence-corrected chi connectivity index (χ0v) is 30.0. The number of allylic oxidation sites excluding steroid dienone is 11. The van der Waals surface area contributed by atoms with Gasteiger partial charge in [-0.2, -0.15) is 0 Å². The van der Waals surface area contributed by atoms with Crippen LogP contribution in [0.3, 0.4) is 0 Å². The van der Waals surface area contributed by atoms with Gasteiger partial charge in [-0.1, -0.05) is 93.1 Å². The Morgan fingerprint density at radius 2 is 1.44 bits per heavy atom. The third kappa shape index (κ3) is 9.50. The fraction of sp³-hybridized carbons (Fsp3) is 0.325. The number of benzene rings is 1. The van der Waals surface area contributed by atoms with Crippen molar-refractivity contribution in [1.29, 1.82) is 0 Å². The van der Waals surface area contributed by atoms with Crippen LogP contribution in [0, 0.1) is 24.7 Å². The molecule has 1 aliphatic carbocycles. The number of rotatable bonds is 0. The smallest absolute Gasteiger partial charge is 0.251 e. The first-order valence-corrected chi connectivity index (χ1v) is 16.7. The summed E-state index contributed by atoms with van der Waals surface area (Å²) in [6.07, 6.45) is 16.2. The number of halogens is 1. The van der Waals surface area contributed by atoms with E-state index < -0.39 is 69.3 Å². The molecule has 1 aromatic carbocycles. The lowest BCUT2D eigenvalue weighted by molar-refractivity contribution is -0.116. The molecule has 2 heterocycles. The molecule has 2 aliphatic heterocycles. The van der Waals surface area contributed by atoms with E-state index in [-0.39, 0.29) is 46.0 Å². The first-order chi connectivity index (χ1) is 23.5. The van der Waals surface area contributed by atoms with Gasteiger partial charge in [-0.15, -0.1) is 0 Å². The Kier molecular flexibility index (Phi) is 13.7. The lowest BCUT2D eigenvalue weighted by atomic mass is 9.83. The molecule has 264 valence electrons. The summed E-state index contributed by atoms with van der Waals surface area (Å²) in [5, 5.41) is 34.3. The fourth-order valence-corrected chi connectivity index (χ4v) is 5.60. The van der Waals surface area contributed by atoms with Crippen molar-refractivity contribution in [3.8, 4) is 5.75 Å². The first-order valence-electron chi connectivity index (χ1n) is 16.3. The molecular weight excluding hydrogens is 658 g/mol. The summed E-state index contributed by atoms with van der Waals surface area (Å²) in [7, 11) is 0. The molecule has 1 aromatic rings. The Bertz CT molecular complexity index is 1830. The number of aliphatic hydroxyl groups excluding tert-OH is 2. The summed E-state index contributed by atoms with van der Waals surface area (Å²) in [6, 6.07) is 1.27. The molecule has 0 saturated carbocycles. The van der Waals surface area contributed by atoms with Crippen molar-refractivity contribution in [1.82, 2.24) is 5.32 Å². The number of phenols is 1. The minimum Gasteiger partial charge on any atom is -0.507 e. The molecule has 9 nitrogen and oxygen atoms in total. The standard InChI is InChI=1S/C40H44ClNO8/c1-21-11-9-8-10-12-24(4)40(50)42-34-33(41)39(49)31-29(38(34)48)20-27(7)37(47)32(31)36(46)26(6)19-25(5)35(45)23(3)15-17-28(43)16-14-22(2)30(44)18-13-21/h8-15,17-21,23,25,28,35,43,45,47H,16H2,1-7H3,(H,42,50)/b10-8-,11-9+,17-15+,18-13+,22-14+,24-12-,26-19+/t21?,23-,25+,28+,35+/m1/s1. The third-order valence-corrected chi connectivity index (χ3v) is 8.97.